The van der Waals surface area contributed by atoms with Gasteiger partial charge in [0.2, 0.25) is 6.29 Å². The lowest BCUT2D eigenvalue weighted by atomic mass is 9.98. The normalized spacial score (nSPS) is 39.5. The molecule has 2 aliphatic heterocycles. The summed E-state index contributed by atoms with van der Waals surface area (Å²) >= 11 is 0. The van der Waals surface area contributed by atoms with Crippen LogP contribution in [0.5, 0.6) is 5.75 Å². The molecule has 7 N–H and O–H groups in total. The van der Waals surface area contributed by atoms with Crippen LogP contribution in [0.4, 0.5) is 0 Å². The van der Waals surface area contributed by atoms with Crippen LogP contribution in [0, 0.1) is 0 Å². The molecule has 184 valence electrons. The SMILES string of the molecule is C[C@H]1O[C@H](OC[C@H]2O[C@@H](OC(=O)C=Cc3ccc(O)cc3)[C@H](O)[C@@H](O)[C@@H]2O)[C@H](O)[C@@H](O)[C@@H]1O. The van der Waals surface area contributed by atoms with Crippen LogP contribution in [-0.2, 0) is 23.7 Å². The number of benzene rings is 1. The van der Waals surface area contributed by atoms with E-state index in [-0.39, 0.29) is 5.75 Å². The van der Waals surface area contributed by atoms with Crippen LogP contribution >= 0.6 is 0 Å². The average Bonchev–Trinajstić information content (AvgIpc) is 2.79. The van der Waals surface area contributed by atoms with Gasteiger partial charge in [-0.1, -0.05) is 12.1 Å². The van der Waals surface area contributed by atoms with Crippen molar-refractivity contribution in [2.24, 2.45) is 0 Å². The molecule has 0 saturated carbocycles. The lowest BCUT2D eigenvalue weighted by molar-refractivity contribution is -0.323. The summed E-state index contributed by atoms with van der Waals surface area (Å²) in [5.74, 6) is -0.854. The first-order valence-electron chi connectivity index (χ1n) is 10.3. The first-order chi connectivity index (χ1) is 15.6. The highest BCUT2D eigenvalue weighted by Crippen LogP contribution is 2.26. The van der Waals surface area contributed by atoms with Gasteiger partial charge in [-0.2, -0.15) is 0 Å². The Balaban J connectivity index is 1.58. The Morgan fingerprint density at radius 2 is 1.48 bits per heavy atom. The van der Waals surface area contributed by atoms with E-state index < -0.39 is 74.0 Å². The lowest BCUT2D eigenvalue weighted by Gasteiger charge is -2.42. The van der Waals surface area contributed by atoms with Crippen LogP contribution in [0.25, 0.3) is 6.08 Å². The van der Waals surface area contributed by atoms with Gasteiger partial charge in [0.1, 0.15) is 48.5 Å². The Hall–Kier alpha value is -2.13. The summed E-state index contributed by atoms with van der Waals surface area (Å²) in [7, 11) is 0. The molecule has 0 amide bonds. The second kappa shape index (κ2) is 10.9. The van der Waals surface area contributed by atoms with Crippen LogP contribution < -0.4 is 0 Å². The molecule has 0 bridgehead atoms. The Labute approximate surface area is 188 Å². The zero-order valence-corrected chi connectivity index (χ0v) is 17.6. The number of rotatable bonds is 6. The maximum absolute atomic E-state index is 12.1. The topological polar surface area (TPSA) is 196 Å². The van der Waals surface area contributed by atoms with Crippen LogP contribution in [0.2, 0.25) is 0 Å². The highest BCUT2D eigenvalue weighted by Gasteiger charge is 2.47. The van der Waals surface area contributed by atoms with Crippen molar-refractivity contribution in [3.05, 3.63) is 35.9 Å². The lowest BCUT2D eigenvalue weighted by Crippen LogP contribution is -2.61. The number of aliphatic hydroxyl groups is 6. The molecule has 0 unspecified atom stereocenters. The Bertz CT molecular complexity index is 814. The molecular formula is C21H28O12. The zero-order valence-electron chi connectivity index (χ0n) is 17.6. The van der Waals surface area contributed by atoms with Gasteiger partial charge in [0, 0.05) is 6.08 Å². The van der Waals surface area contributed by atoms with Crippen LogP contribution in [-0.4, -0.2) is 110 Å². The highest BCUT2D eigenvalue weighted by atomic mass is 16.7. The highest BCUT2D eigenvalue weighted by molar-refractivity contribution is 5.87. The third-order valence-electron chi connectivity index (χ3n) is 5.44. The van der Waals surface area contributed by atoms with E-state index in [4.69, 9.17) is 18.9 Å². The standard InChI is InChI=1S/C21H28O12/c1-9-14(24)16(26)18(28)20(31-9)30-8-12-15(25)17(27)19(29)21(32-12)33-13(23)7-4-10-2-5-11(22)6-3-10/h2-7,9,12,14-22,24-29H,8H2,1H3/t9-,12-,14-,15-,16+,17+,18-,19-,20+,21+/m1/s1. The summed E-state index contributed by atoms with van der Waals surface area (Å²) in [5, 5.41) is 69.3. The van der Waals surface area contributed by atoms with Gasteiger partial charge in [0.25, 0.3) is 0 Å². The van der Waals surface area contributed by atoms with E-state index in [9.17, 15) is 40.5 Å². The molecule has 1 aromatic carbocycles. The second-order valence-electron chi connectivity index (χ2n) is 7.89. The molecule has 2 fully saturated rings. The maximum Gasteiger partial charge on any atom is 0.333 e. The number of carbonyl (C=O) groups is 1. The fourth-order valence-electron chi connectivity index (χ4n) is 3.40. The molecule has 0 aromatic heterocycles. The number of carbonyl (C=O) groups excluding carboxylic acids is 1. The van der Waals surface area contributed by atoms with E-state index in [1.807, 2.05) is 0 Å². The van der Waals surface area contributed by atoms with E-state index in [2.05, 4.69) is 0 Å². The molecule has 33 heavy (non-hydrogen) atoms. The number of hydrogen-bond acceptors (Lipinski definition) is 12. The van der Waals surface area contributed by atoms with Gasteiger partial charge in [-0.25, -0.2) is 4.79 Å². The molecule has 0 aliphatic carbocycles. The molecule has 2 aliphatic rings. The van der Waals surface area contributed by atoms with Crippen molar-refractivity contribution in [3.63, 3.8) is 0 Å². The summed E-state index contributed by atoms with van der Waals surface area (Å²) in [4.78, 5) is 12.1. The molecular weight excluding hydrogens is 444 g/mol. The van der Waals surface area contributed by atoms with Crippen molar-refractivity contribution in [1.82, 2.24) is 0 Å². The first kappa shape index (κ1) is 25.5. The largest absolute Gasteiger partial charge is 0.508 e. The number of esters is 1. The summed E-state index contributed by atoms with van der Waals surface area (Å²) in [6.07, 6.45) is -12.3. The number of ether oxygens (including phenoxy) is 4. The molecule has 2 heterocycles. The number of phenolic OH excluding ortho intramolecular Hbond substituents is 1. The molecule has 2 saturated heterocycles. The maximum atomic E-state index is 12.1. The van der Waals surface area contributed by atoms with Gasteiger partial charge in [0.05, 0.1) is 12.7 Å². The molecule has 3 rings (SSSR count). The predicted octanol–water partition coefficient (Wildman–Crippen LogP) is -2.40. The van der Waals surface area contributed by atoms with Gasteiger partial charge in [-0.05, 0) is 30.7 Å². The van der Waals surface area contributed by atoms with Crippen LogP contribution in [0.15, 0.2) is 30.3 Å². The van der Waals surface area contributed by atoms with Gasteiger partial charge >= 0.3 is 5.97 Å². The third kappa shape index (κ3) is 6.06. The van der Waals surface area contributed by atoms with Crippen molar-refractivity contribution in [2.45, 2.75) is 68.3 Å². The van der Waals surface area contributed by atoms with Gasteiger partial charge in [-0.3, -0.25) is 0 Å². The van der Waals surface area contributed by atoms with Crippen molar-refractivity contribution < 1.29 is 59.5 Å². The van der Waals surface area contributed by atoms with Crippen molar-refractivity contribution in [2.75, 3.05) is 6.61 Å². The minimum Gasteiger partial charge on any atom is -0.508 e. The summed E-state index contributed by atoms with van der Waals surface area (Å²) < 4.78 is 21.0. The monoisotopic (exact) mass is 472 g/mol. The Morgan fingerprint density at radius 1 is 0.879 bits per heavy atom. The fraction of sp³-hybridized carbons (Fsp3) is 0.571. The molecule has 12 nitrogen and oxygen atoms in total. The predicted molar refractivity (Wildman–Crippen MR) is 108 cm³/mol. The molecule has 12 heteroatoms. The molecule has 1 aromatic rings. The zero-order chi connectivity index (χ0) is 24.3. The van der Waals surface area contributed by atoms with Gasteiger partial charge in [-0.15, -0.1) is 0 Å². The number of aliphatic hydroxyl groups excluding tert-OH is 6. The molecule has 10 atom stereocenters. The van der Waals surface area contributed by atoms with Gasteiger partial charge in [0.15, 0.2) is 6.29 Å². The van der Waals surface area contributed by atoms with E-state index >= 15 is 0 Å². The number of hydrogen-bond donors (Lipinski definition) is 7. The van der Waals surface area contributed by atoms with Crippen molar-refractivity contribution >= 4 is 12.0 Å². The fourth-order valence-corrected chi connectivity index (χ4v) is 3.40. The van der Waals surface area contributed by atoms with Gasteiger partial charge < -0.3 is 54.7 Å². The first-order valence-corrected chi connectivity index (χ1v) is 10.3. The third-order valence-corrected chi connectivity index (χ3v) is 5.44. The Kier molecular flexibility index (Phi) is 8.39. The quantitative estimate of drug-likeness (QED) is 0.172. The van der Waals surface area contributed by atoms with E-state index in [1.165, 1.54) is 25.1 Å². The smallest absolute Gasteiger partial charge is 0.333 e. The van der Waals surface area contributed by atoms with E-state index in [0.29, 0.717) is 5.56 Å². The van der Waals surface area contributed by atoms with E-state index in [1.54, 1.807) is 12.1 Å². The summed E-state index contributed by atoms with van der Waals surface area (Å²) in [6, 6.07) is 5.96. The molecule has 0 spiro atoms. The van der Waals surface area contributed by atoms with E-state index in [0.717, 1.165) is 6.08 Å². The van der Waals surface area contributed by atoms with Crippen molar-refractivity contribution in [3.8, 4) is 5.75 Å². The minimum absolute atomic E-state index is 0.0561. The average molecular weight is 472 g/mol. The van der Waals surface area contributed by atoms with Crippen molar-refractivity contribution in [1.29, 1.82) is 0 Å². The second-order valence-corrected chi connectivity index (χ2v) is 7.89. The minimum atomic E-state index is -1.75. The summed E-state index contributed by atoms with van der Waals surface area (Å²) in [6.45, 7) is 0.989. The summed E-state index contributed by atoms with van der Waals surface area (Å²) in [5.41, 5.74) is 0.587. The van der Waals surface area contributed by atoms with Crippen LogP contribution in [0.3, 0.4) is 0 Å². The number of aromatic hydroxyl groups is 1. The molecule has 0 radical (unpaired) electrons. The Morgan fingerprint density at radius 3 is 2.15 bits per heavy atom. The van der Waals surface area contributed by atoms with Crippen LogP contribution in [0.1, 0.15) is 12.5 Å². The number of phenols is 1.